The largest absolute Gasteiger partial charge is 0.460 e. The zero-order valence-electron chi connectivity index (χ0n) is 18.3. The van der Waals surface area contributed by atoms with Gasteiger partial charge in [-0.25, -0.2) is 0 Å². The van der Waals surface area contributed by atoms with Crippen LogP contribution in [0.25, 0.3) is 11.0 Å². The molecule has 0 saturated carbocycles. The van der Waals surface area contributed by atoms with Crippen LogP contribution < -0.4 is 10.5 Å². The monoisotopic (exact) mass is 418 g/mol. The maximum Gasteiger partial charge on any atom is 0.320 e. The fraction of sp³-hybridized carbons (Fsp3) is 0.458. The lowest BCUT2D eigenvalue weighted by Gasteiger charge is -2.15. The van der Waals surface area contributed by atoms with E-state index in [-0.39, 0.29) is 12.1 Å². The molecule has 0 bridgehead atoms. The van der Waals surface area contributed by atoms with Gasteiger partial charge in [-0.3, -0.25) is 4.90 Å². The van der Waals surface area contributed by atoms with E-state index in [1.165, 1.54) is 31.5 Å². The number of nitriles is 1. The second-order valence-corrected chi connectivity index (χ2v) is 8.37. The topological polar surface area (TPSA) is 93.0 Å². The molecule has 0 aliphatic carbocycles. The number of nitrogens with two attached hydrogens (primary N) is 1. The summed E-state index contributed by atoms with van der Waals surface area (Å²) in [6, 6.07) is 12.9. The number of benzene rings is 1. The number of ether oxygens (including phenoxy) is 1. The van der Waals surface area contributed by atoms with Crippen molar-refractivity contribution in [3.05, 3.63) is 47.2 Å². The van der Waals surface area contributed by atoms with Crippen LogP contribution in [-0.4, -0.2) is 38.6 Å². The lowest BCUT2D eigenvalue weighted by atomic mass is 10.1. The van der Waals surface area contributed by atoms with E-state index in [2.05, 4.69) is 52.1 Å². The van der Waals surface area contributed by atoms with E-state index < -0.39 is 0 Å². The van der Waals surface area contributed by atoms with Crippen molar-refractivity contribution in [1.29, 1.82) is 5.26 Å². The summed E-state index contributed by atoms with van der Waals surface area (Å²) in [4.78, 5) is 11.4. The van der Waals surface area contributed by atoms with Crippen LogP contribution >= 0.6 is 0 Å². The van der Waals surface area contributed by atoms with Gasteiger partial charge in [0.2, 0.25) is 0 Å². The minimum atomic E-state index is 0.00357. The Kier molecular flexibility index (Phi) is 6.38. The Morgan fingerprint density at radius 1 is 1.13 bits per heavy atom. The molecule has 1 aromatic carbocycles. The summed E-state index contributed by atoms with van der Waals surface area (Å²) in [5.41, 5.74) is 9.74. The number of nitrogens with zero attached hydrogens (tertiary/aromatic N) is 5. The Hall–Kier alpha value is -3.11. The molecule has 0 amide bonds. The maximum absolute atomic E-state index is 9.68. The van der Waals surface area contributed by atoms with Gasteiger partial charge in [0.25, 0.3) is 0 Å². The van der Waals surface area contributed by atoms with Crippen LogP contribution in [0.2, 0.25) is 0 Å². The molecule has 1 aliphatic heterocycles. The maximum atomic E-state index is 9.68. The second kappa shape index (κ2) is 9.36. The van der Waals surface area contributed by atoms with E-state index in [0.29, 0.717) is 29.1 Å². The molecule has 0 radical (unpaired) electrons. The third-order valence-electron chi connectivity index (χ3n) is 5.85. The minimum absolute atomic E-state index is 0.00357. The molecule has 0 spiro atoms. The number of anilines is 1. The highest BCUT2D eigenvalue weighted by atomic mass is 16.5. The molecule has 1 saturated heterocycles. The van der Waals surface area contributed by atoms with E-state index in [4.69, 9.17) is 10.5 Å². The first-order valence-electron chi connectivity index (χ1n) is 11.1. The van der Waals surface area contributed by atoms with Crippen LogP contribution in [0.15, 0.2) is 30.3 Å². The van der Waals surface area contributed by atoms with Gasteiger partial charge >= 0.3 is 6.01 Å². The average Bonchev–Trinajstić information content (AvgIpc) is 3.38. The summed E-state index contributed by atoms with van der Waals surface area (Å²) < 4.78 is 7.76. The van der Waals surface area contributed by atoms with Gasteiger partial charge in [0.15, 0.2) is 5.65 Å². The molecule has 3 aromatic rings. The highest BCUT2D eigenvalue weighted by molar-refractivity contribution is 5.88. The zero-order chi connectivity index (χ0) is 21.8. The molecular formula is C24H30N6O. The van der Waals surface area contributed by atoms with Gasteiger partial charge in [0.1, 0.15) is 17.6 Å². The number of rotatable bonds is 8. The van der Waals surface area contributed by atoms with Gasteiger partial charge in [0.05, 0.1) is 18.0 Å². The summed E-state index contributed by atoms with van der Waals surface area (Å²) in [5.74, 6) is 0.333. The first-order valence-corrected chi connectivity index (χ1v) is 11.1. The smallest absolute Gasteiger partial charge is 0.320 e. The van der Waals surface area contributed by atoms with Gasteiger partial charge in [0, 0.05) is 6.54 Å². The lowest BCUT2D eigenvalue weighted by molar-refractivity contribution is 0.193. The van der Waals surface area contributed by atoms with Crippen molar-refractivity contribution >= 4 is 16.9 Å². The molecule has 1 atom stereocenters. The molecule has 7 nitrogen and oxygen atoms in total. The third-order valence-corrected chi connectivity index (χ3v) is 5.85. The zero-order valence-corrected chi connectivity index (χ0v) is 18.3. The van der Waals surface area contributed by atoms with Crippen molar-refractivity contribution < 1.29 is 4.74 Å². The van der Waals surface area contributed by atoms with Crippen LogP contribution in [0.3, 0.4) is 0 Å². The van der Waals surface area contributed by atoms with E-state index in [1.807, 2.05) is 11.5 Å². The second-order valence-electron chi connectivity index (χ2n) is 8.37. The summed E-state index contributed by atoms with van der Waals surface area (Å²) >= 11 is 0. The molecule has 4 rings (SSSR count). The van der Waals surface area contributed by atoms with E-state index in [1.54, 1.807) is 6.07 Å². The number of aromatic nitrogens is 3. The Balaban J connectivity index is 1.59. The van der Waals surface area contributed by atoms with Crippen molar-refractivity contribution in [3.63, 3.8) is 0 Å². The molecule has 31 heavy (non-hydrogen) atoms. The van der Waals surface area contributed by atoms with E-state index >= 15 is 0 Å². The van der Waals surface area contributed by atoms with Crippen molar-refractivity contribution in [2.75, 3.05) is 18.8 Å². The van der Waals surface area contributed by atoms with Crippen molar-refractivity contribution in [2.45, 2.75) is 58.7 Å². The summed E-state index contributed by atoms with van der Waals surface area (Å²) in [6.07, 6.45) is 4.52. The fourth-order valence-electron chi connectivity index (χ4n) is 4.21. The molecule has 2 aromatic heterocycles. The van der Waals surface area contributed by atoms with Crippen LogP contribution in [0.5, 0.6) is 6.01 Å². The number of hydrogen-bond acceptors (Lipinski definition) is 6. The Morgan fingerprint density at radius 3 is 2.45 bits per heavy atom. The van der Waals surface area contributed by atoms with Gasteiger partial charge in [-0.1, -0.05) is 37.6 Å². The number of fused-ring (bicyclic) bond motifs is 1. The Morgan fingerprint density at radius 2 is 1.81 bits per heavy atom. The van der Waals surface area contributed by atoms with Crippen LogP contribution in [0, 0.1) is 11.3 Å². The predicted molar refractivity (Wildman–Crippen MR) is 122 cm³/mol. The SMILES string of the molecule is CCCC(C)Oc1nc(N)c2cc(C#N)n(Cc3ccc(CN4CCCC4)cc3)c2n1. The van der Waals surface area contributed by atoms with Gasteiger partial charge in [-0.15, -0.1) is 0 Å². The van der Waals surface area contributed by atoms with Crippen LogP contribution in [-0.2, 0) is 13.1 Å². The van der Waals surface area contributed by atoms with Gasteiger partial charge in [-0.05, 0) is 56.5 Å². The van der Waals surface area contributed by atoms with Crippen molar-refractivity contribution in [3.8, 4) is 12.1 Å². The lowest BCUT2D eigenvalue weighted by Crippen LogP contribution is -2.18. The third kappa shape index (κ3) is 4.80. The molecule has 1 fully saturated rings. The number of hydrogen-bond donors (Lipinski definition) is 1. The van der Waals surface area contributed by atoms with E-state index in [9.17, 15) is 5.26 Å². The number of nitrogen functional groups attached to an aromatic ring is 1. The summed E-state index contributed by atoms with van der Waals surface area (Å²) in [7, 11) is 0. The first-order chi connectivity index (χ1) is 15.1. The molecule has 1 unspecified atom stereocenters. The standard InChI is InChI=1S/C24H30N6O/c1-3-6-17(2)31-24-27-22(26)21-13-20(14-25)30(23(21)28-24)16-19-9-7-18(8-10-19)15-29-11-4-5-12-29/h7-10,13,17H,3-6,11-12,15-16H2,1-2H3,(H2,26,27,28). The Bertz CT molecular complexity index is 1080. The highest BCUT2D eigenvalue weighted by Gasteiger charge is 2.17. The fourth-order valence-corrected chi connectivity index (χ4v) is 4.21. The summed E-state index contributed by atoms with van der Waals surface area (Å²) in [5, 5.41) is 10.4. The van der Waals surface area contributed by atoms with Gasteiger partial charge < -0.3 is 15.0 Å². The molecule has 2 N–H and O–H groups in total. The van der Waals surface area contributed by atoms with E-state index in [0.717, 1.165) is 24.9 Å². The molecule has 1 aliphatic rings. The minimum Gasteiger partial charge on any atom is -0.460 e. The normalized spacial score (nSPS) is 15.3. The first kappa shape index (κ1) is 21.1. The highest BCUT2D eigenvalue weighted by Crippen LogP contribution is 2.26. The van der Waals surface area contributed by atoms with Crippen molar-refractivity contribution in [2.24, 2.45) is 0 Å². The quantitative estimate of drug-likeness (QED) is 0.592. The molecule has 3 heterocycles. The molecule has 7 heteroatoms. The van der Waals surface area contributed by atoms with Crippen molar-refractivity contribution in [1.82, 2.24) is 19.4 Å². The molecular weight excluding hydrogens is 388 g/mol. The van der Waals surface area contributed by atoms with Crippen LogP contribution in [0.4, 0.5) is 5.82 Å². The van der Waals surface area contributed by atoms with Gasteiger partial charge in [-0.2, -0.15) is 15.2 Å². The molecule has 162 valence electrons. The van der Waals surface area contributed by atoms with Crippen LogP contribution in [0.1, 0.15) is 56.4 Å². The Labute approximate surface area is 183 Å². The predicted octanol–water partition coefficient (Wildman–Crippen LogP) is 4.10. The number of likely N-dealkylation sites (tertiary alicyclic amines) is 1. The average molecular weight is 419 g/mol. The summed E-state index contributed by atoms with van der Waals surface area (Å²) in [6.45, 7) is 8.01.